The fourth-order valence-corrected chi connectivity index (χ4v) is 3.06. The van der Waals surface area contributed by atoms with Crippen LogP contribution in [0, 0.1) is 19.8 Å². The van der Waals surface area contributed by atoms with E-state index in [9.17, 15) is 4.79 Å². The highest BCUT2D eigenvalue weighted by atomic mass is 16.1. The maximum atomic E-state index is 12.3. The van der Waals surface area contributed by atoms with E-state index >= 15 is 0 Å². The zero-order valence-corrected chi connectivity index (χ0v) is 13.8. The Kier molecular flexibility index (Phi) is 4.43. The minimum atomic E-state index is 0.0712. The monoisotopic (exact) mass is 313 g/mol. The molecular weight excluding hydrogens is 290 g/mol. The van der Waals surface area contributed by atoms with Crippen LogP contribution in [0.25, 0.3) is 5.82 Å². The van der Waals surface area contributed by atoms with Gasteiger partial charge in [0.25, 0.3) is 0 Å². The molecule has 6 nitrogen and oxygen atoms in total. The number of carbonyl (C=O) groups is 1. The Morgan fingerprint density at radius 1 is 1.39 bits per heavy atom. The van der Waals surface area contributed by atoms with Crippen LogP contribution in [0.2, 0.25) is 0 Å². The molecule has 0 unspecified atom stereocenters. The molecule has 0 radical (unpaired) electrons. The number of amides is 1. The number of rotatable bonds is 3. The van der Waals surface area contributed by atoms with Crippen LogP contribution in [-0.2, 0) is 4.79 Å². The summed E-state index contributed by atoms with van der Waals surface area (Å²) in [5, 5.41) is 10.7. The summed E-state index contributed by atoms with van der Waals surface area (Å²) in [6.07, 6.45) is 3.45. The van der Waals surface area contributed by atoms with Crippen LogP contribution in [0.3, 0.4) is 0 Å². The van der Waals surface area contributed by atoms with E-state index in [1.165, 1.54) is 0 Å². The second kappa shape index (κ2) is 6.50. The minimum Gasteiger partial charge on any atom is -0.324 e. The number of piperidine rings is 1. The summed E-state index contributed by atoms with van der Waals surface area (Å²) in [5.41, 5.74) is 2.73. The van der Waals surface area contributed by atoms with Gasteiger partial charge in [0.2, 0.25) is 5.91 Å². The van der Waals surface area contributed by atoms with Crippen molar-refractivity contribution in [1.29, 1.82) is 0 Å². The first-order valence-corrected chi connectivity index (χ1v) is 8.07. The third-order valence-corrected chi connectivity index (χ3v) is 4.24. The summed E-state index contributed by atoms with van der Waals surface area (Å²) in [6, 6.07) is 6.16. The van der Waals surface area contributed by atoms with E-state index in [2.05, 4.69) is 27.6 Å². The first kappa shape index (κ1) is 15.7. The van der Waals surface area contributed by atoms with Crippen LogP contribution >= 0.6 is 0 Å². The molecule has 1 aliphatic heterocycles. The van der Waals surface area contributed by atoms with Gasteiger partial charge >= 0.3 is 0 Å². The van der Waals surface area contributed by atoms with E-state index in [0.29, 0.717) is 6.04 Å². The number of nitrogens with one attached hydrogen (secondary N) is 2. The predicted molar refractivity (Wildman–Crippen MR) is 89.7 cm³/mol. The SMILES string of the molecule is Cc1cc(C)n(-c2ccc(NC(=O)[C@H]3CCN[C@@H](C)C3)cn2)n1. The topological polar surface area (TPSA) is 71.8 Å². The summed E-state index contributed by atoms with van der Waals surface area (Å²) in [5.74, 6) is 0.907. The van der Waals surface area contributed by atoms with E-state index in [4.69, 9.17) is 0 Å². The fourth-order valence-electron chi connectivity index (χ4n) is 3.06. The Morgan fingerprint density at radius 3 is 2.83 bits per heavy atom. The van der Waals surface area contributed by atoms with Gasteiger partial charge < -0.3 is 10.6 Å². The van der Waals surface area contributed by atoms with Crippen molar-refractivity contribution in [2.45, 2.75) is 39.7 Å². The molecule has 2 N–H and O–H groups in total. The quantitative estimate of drug-likeness (QED) is 0.911. The molecule has 2 aromatic heterocycles. The molecule has 23 heavy (non-hydrogen) atoms. The summed E-state index contributed by atoms with van der Waals surface area (Å²) in [4.78, 5) is 16.8. The van der Waals surface area contributed by atoms with Crippen molar-refractivity contribution in [2.75, 3.05) is 11.9 Å². The van der Waals surface area contributed by atoms with Crippen molar-refractivity contribution >= 4 is 11.6 Å². The van der Waals surface area contributed by atoms with Crippen molar-refractivity contribution in [2.24, 2.45) is 5.92 Å². The molecule has 0 saturated carbocycles. The highest BCUT2D eigenvalue weighted by molar-refractivity contribution is 5.92. The zero-order chi connectivity index (χ0) is 16.4. The van der Waals surface area contributed by atoms with Crippen molar-refractivity contribution in [3.8, 4) is 5.82 Å². The Balaban J connectivity index is 1.68. The molecule has 0 aromatic carbocycles. The van der Waals surface area contributed by atoms with Crippen LogP contribution < -0.4 is 10.6 Å². The Hall–Kier alpha value is -2.21. The molecule has 0 aliphatic carbocycles. The molecule has 1 aliphatic rings. The minimum absolute atomic E-state index is 0.0712. The van der Waals surface area contributed by atoms with Gasteiger partial charge in [-0.25, -0.2) is 9.67 Å². The third-order valence-electron chi connectivity index (χ3n) is 4.24. The van der Waals surface area contributed by atoms with Gasteiger partial charge in [-0.15, -0.1) is 0 Å². The van der Waals surface area contributed by atoms with Gasteiger partial charge in [0.1, 0.15) is 0 Å². The van der Waals surface area contributed by atoms with E-state index in [1.807, 2.05) is 32.0 Å². The van der Waals surface area contributed by atoms with Crippen LogP contribution in [0.4, 0.5) is 5.69 Å². The first-order valence-electron chi connectivity index (χ1n) is 8.07. The van der Waals surface area contributed by atoms with Gasteiger partial charge in [0.15, 0.2) is 5.82 Å². The van der Waals surface area contributed by atoms with Crippen LogP contribution in [0.15, 0.2) is 24.4 Å². The summed E-state index contributed by atoms with van der Waals surface area (Å²) in [7, 11) is 0. The summed E-state index contributed by atoms with van der Waals surface area (Å²) >= 11 is 0. The molecule has 1 saturated heterocycles. The standard InChI is InChI=1S/C17H23N5O/c1-11-9-14(6-7-18-11)17(23)20-15-4-5-16(19-10-15)22-13(3)8-12(2)21-22/h4-5,8,10-11,14,18H,6-7,9H2,1-3H3,(H,20,23)/t11-,14-/m0/s1. The largest absolute Gasteiger partial charge is 0.324 e. The highest BCUT2D eigenvalue weighted by Gasteiger charge is 2.24. The number of hydrogen-bond donors (Lipinski definition) is 2. The van der Waals surface area contributed by atoms with Crippen molar-refractivity contribution < 1.29 is 4.79 Å². The molecule has 0 bridgehead atoms. The van der Waals surface area contributed by atoms with Gasteiger partial charge in [0, 0.05) is 17.7 Å². The summed E-state index contributed by atoms with van der Waals surface area (Å²) in [6.45, 7) is 6.96. The molecule has 122 valence electrons. The predicted octanol–water partition coefficient (Wildman–Crippen LogP) is 2.21. The average Bonchev–Trinajstić information content (AvgIpc) is 2.86. The van der Waals surface area contributed by atoms with Gasteiger partial charge in [-0.2, -0.15) is 5.10 Å². The van der Waals surface area contributed by atoms with E-state index < -0.39 is 0 Å². The van der Waals surface area contributed by atoms with Gasteiger partial charge in [0.05, 0.1) is 17.6 Å². The van der Waals surface area contributed by atoms with Crippen molar-refractivity contribution in [3.63, 3.8) is 0 Å². The molecule has 2 aromatic rings. The lowest BCUT2D eigenvalue weighted by Gasteiger charge is -2.27. The average molecular weight is 313 g/mol. The molecule has 3 rings (SSSR count). The summed E-state index contributed by atoms with van der Waals surface area (Å²) < 4.78 is 1.80. The lowest BCUT2D eigenvalue weighted by atomic mass is 9.92. The number of anilines is 1. The third kappa shape index (κ3) is 3.59. The van der Waals surface area contributed by atoms with E-state index in [0.717, 1.165) is 42.3 Å². The molecular formula is C17H23N5O. The van der Waals surface area contributed by atoms with Crippen LogP contribution in [-0.4, -0.2) is 33.3 Å². The molecule has 2 atom stereocenters. The van der Waals surface area contributed by atoms with E-state index in [1.54, 1.807) is 10.9 Å². The van der Waals surface area contributed by atoms with Crippen molar-refractivity contribution in [3.05, 3.63) is 35.8 Å². The molecule has 1 amide bonds. The number of carbonyl (C=O) groups excluding carboxylic acids is 1. The van der Waals surface area contributed by atoms with Gasteiger partial charge in [-0.05, 0) is 58.4 Å². The number of nitrogens with zero attached hydrogens (tertiary/aromatic N) is 3. The Morgan fingerprint density at radius 2 is 2.22 bits per heavy atom. The molecule has 1 fully saturated rings. The van der Waals surface area contributed by atoms with Gasteiger partial charge in [-0.1, -0.05) is 0 Å². The van der Waals surface area contributed by atoms with Gasteiger partial charge in [-0.3, -0.25) is 4.79 Å². The Labute approximate surface area is 136 Å². The maximum Gasteiger partial charge on any atom is 0.227 e. The van der Waals surface area contributed by atoms with Crippen molar-refractivity contribution in [1.82, 2.24) is 20.1 Å². The number of hydrogen-bond acceptors (Lipinski definition) is 4. The lowest BCUT2D eigenvalue weighted by Crippen LogP contribution is -2.40. The second-order valence-corrected chi connectivity index (χ2v) is 6.31. The molecule has 0 spiro atoms. The van der Waals surface area contributed by atoms with E-state index in [-0.39, 0.29) is 11.8 Å². The fraction of sp³-hybridized carbons (Fsp3) is 0.471. The normalized spacial score (nSPS) is 21.2. The van der Waals surface area contributed by atoms with Crippen LogP contribution in [0.5, 0.6) is 0 Å². The smallest absolute Gasteiger partial charge is 0.227 e. The molecule has 3 heterocycles. The van der Waals surface area contributed by atoms with Crippen LogP contribution in [0.1, 0.15) is 31.2 Å². The Bertz CT molecular complexity index is 692. The number of aryl methyl sites for hydroxylation is 2. The molecule has 6 heteroatoms. The maximum absolute atomic E-state index is 12.3. The zero-order valence-electron chi connectivity index (χ0n) is 13.8. The number of pyridine rings is 1. The lowest BCUT2D eigenvalue weighted by molar-refractivity contribution is -0.120. The second-order valence-electron chi connectivity index (χ2n) is 6.31. The highest BCUT2D eigenvalue weighted by Crippen LogP contribution is 2.19. The number of aromatic nitrogens is 3. The first-order chi connectivity index (χ1) is 11.0.